The van der Waals surface area contributed by atoms with E-state index in [1.54, 1.807) is 7.11 Å². The summed E-state index contributed by atoms with van der Waals surface area (Å²) in [4.78, 5) is 6.93. The molecule has 126 valence electrons. The van der Waals surface area contributed by atoms with Crippen molar-refractivity contribution in [3.63, 3.8) is 0 Å². The highest BCUT2D eigenvalue weighted by Crippen LogP contribution is 2.34. The normalized spacial score (nSPS) is 11.4. The Balaban J connectivity index is 2.08. The number of nitrogens with zero attached hydrogens (tertiary/aromatic N) is 2. The minimum absolute atomic E-state index is 0.696. The lowest BCUT2D eigenvalue weighted by atomic mass is 10.1. The van der Waals surface area contributed by atoms with Gasteiger partial charge in [0.05, 0.1) is 23.8 Å². The van der Waals surface area contributed by atoms with Gasteiger partial charge in [-0.3, -0.25) is 0 Å². The summed E-state index contributed by atoms with van der Waals surface area (Å²) in [6, 6.07) is 11.8. The van der Waals surface area contributed by atoms with E-state index in [4.69, 9.17) is 21.3 Å². The predicted molar refractivity (Wildman–Crippen MR) is 102 cm³/mol. The molecule has 0 unspecified atom stereocenters. The van der Waals surface area contributed by atoms with E-state index in [9.17, 15) is 0 Å². The van der Waals surface area contributed by atoms with Crippen LogP contribution in [0.5, 0.6) is 5.75 Å². The molecule has 1 aromatic heterocycles. The van der Waals surface area contributed by atoms with E-state index in [1.807, 2.05) is 36.4 Å². The molecule has 4 nitrogen and oxygen atoms in total. The number of nitrogens with one attached hydrogen (secondary N) is 1. The van der Waals surface area contributed by atoms with Gasteiger partial charge in [-0.2, -0.15) is 0 Å². The number of benzene rings is 2. The van der Waals surface area contributed by atoms with E-state index in [0.717, 1.165) is 52.8 Å². The van der Waals surface area contributed by atoms with Gasteiger partial charge in [0, 0.05) is 22.3 Å². The highest BCUT2D eigenvalue weighted by molar-refractivity contribution is 6.31. The molecule has 0 aliphatic heterocycles. The predicted octanol–water partition coefficient (Wildman–Crippen LogP) is 4.41. The van der Waals surface area contributed by atoms with Crippen molar-refractivity contribution in [3.8, 4) is 5.75 Å². The lowest BCUT2D eigenvalue weighted by Crippen LogP contribution is -2.16. The van der Waals surface area contributed by atoms with Crippen LogP contribution in [0.2, 0.25) is 5.02 Å². The molecular formula is C19H22ClN3O. The molecule has 5 heteroatoms. The average Bonchev–Trinajstić information content (AvgIpc) is 2.56. The van der Waals surface area contributed by atoms with E-state index in [-0.39, 0.29) is 0 Å². The fourth-order valence-electron chi connectivity index (χ4n) is 2.82. The van der Waals surface area contributed by atoms with Crippen LogP contribution in [-0.4, -0.2) is 44.2 Å². The Morgan fingerprint density at radius 3 is 2.67 bits per heavy atom. The fourth-order valence-corrected chi connectivity index (χ4v) is 2.99. The summed E-state index contributed by atoms with van der Waals surface area (Å²) in [5, 5.41) is 6.43. The van der Waals surface area contributed by atoms with E-state index in [0.29, 0.717) is 5.02 Å². The minimum atomic E-state index is 0.696. The number of hydrogen-bond acceptors (Lipinski definition) is 4. The van der Waals surface area contributed by atoms with Crippen LogP contribution in [-0.2, 0) is 0 Å². The third-order valence-electron chi connectivity index (χ3n) is 4.03. The largest absolute Gasteiger partial charge is 0.497 e. The van der Waals surface area contributed by atoms with Gasteiger partial charge in [-0.1, -0.05) is 11.6 Å². The molecule has 1 heterocycles. The molecule has 0 bridgehead atoms. The first-order valence-electron chi connectivity index (χ1n) is 8.04. The van der Waals surface area contributed by atoms with E-state index >= 15 is 0 Å². The Hall–Kier alpha value is -2.04. The SMILES string of the molecule is COc1ccc2nc3cc(Cl)ccc3c(NCCCN(C)C)c2c1. The summed E-state index contributed by atoms with van der Waals surface area (Å²) < 4.78 is 5.38. The van der Waals surface area contributed by atoms with Crippen molar-refractivity contribution in [2.24, 2.45) is 0 Å². The second kappa shape index (κ2) is 7.24. The Morgan fingerprint density at radius 1 is 1.08 bits per heavy atom. The standard InChI is InChI=1S/C19H22ClN3O/c1-23(2)10-4-9-21-19-15-7-5-13(20)11-18(15)22-17-8-6-14(24-3)12-16(17)19/h5-8,11-12H,4,9-10H2,1-3H3,(H,21,22). The number of hydrogen-bond donors (Lipinski definition) is 1. The van der Waals surface area contributed by atoms with Crippen molar-refractivity contribution < 1.29 is 4.74 Å². The molecule has 0 saturated heterocycles. The topological polar surface area (TPSA) is 37.4 Å². The summed E-state index contributed by atoms with van der Waals surface area (Å²) in [5.74, 6) is 0.828. The van der Waals surface area contributed by atoms with E-state index in [2.05, 4.69) is 24.3 Å². The molecule has 0 amide bonds. The zero-order chi connectivity index (χ0) is 17.1. The first kappa shape index (κ1) is 16.8. The summed E-state index contributed by atoms with van der Waals surface area (Å²) >= 11 is 6.15. The van der Waals surface area contributed by atoms with Crippen molar-refractivity contribution in [3.05, 3.63) is 41.4 Å². The van der Waals surface area contributed by atoms with Crippen molar-refractivity contribution in [1.82, 2.24) is 9.88 Å². The van der Waals surface area contributed by atoms with E-state index in [1.165, 1.54) is 0 Å². The fraction of sp³-hybridized carbons (Fsp3) is 0.316. The average molecular weight is 344 g/mol. The zero-order valence-corrected chi connectivity index (χ0v) is 15.0. The molecule has 0 fully saturated rings. The number of pyridine rings is 1. The van der Waals surface area contributed by atoms with Gasteiger partial charge in [-0.05, 0) is 63.5 Å². The first-order valence-corrected chi connectivity index (χ1v) is 8.42. The van der Waals surface area contributed by atoms with Gasteiger partial charge >= 0.3 is 0 Å². The summed E-state index contributed by atoms with van der Waals surface area (Å²) in [7, 11) is 5.85. The third kappa shape index (κ3) is 3.55. The van der Waals surface area contributed by atoms with Crippen molar-refractivity contribution in [1.29, 1.82) is 0 Å². The Morgan fingerprint density at radius 2 is 1.92 bits per heavy atom. The number of ether oxygens (including phenoxy) is 1. The smallest absolute Gasteiger partial charge is 0.119 e. The molecule has 24 heavy (non-hydrogen) atoms. The van der Waals surface area contributed by atoms with Crippen LogP contribution in [0.15, 0.2) is 36.4 Å². The number of methoxy groups -OCH3 is 1. The van der Waals surface area contributed by atoms with Gasteiger partial charge in [0.15, 0.2) is 0 Å². The van der Waals surface area contributed by atoms with Gasteiger partial charge in [-0.25, -0.2) is 4.98 Å². The molecule has 2 aromatic carbocycles. The number of rotatable bonds is 6. The Bertz CT molecular complexity index is 864. The number of halogens is 1. The molecule has 0 aliphatic carbocycles. The van der Waals surface area contributed by atoms with Crippen LogP contribution in [0.3, 0.4) is 0 Å². The maximum absolute atomic E-state index is 6.15. The van der Waals surface area contributed by atoms with Gasteiger partial charge in [0.25, 0.3) is 0 Å². The van der Waals surface area contributed by atoms with Crippen LogP contribution in [0, 0.1) is 0 Å². The molecule has 0 spiro atoms. The summed E-state index contributed by atoms with van der Waals surface area (Å²) in [6.45, 7) is 1.94. The lowest BCUT2D eigenvalue weighted by Gasteiger charge is -2.15. The van der Waals surface area contributed by atoms with Crippen LogP contribution in [0.1, 0.15) is 6.42 Å². The number of aromatic nitrogens is 1. The molecular weight excluding hydrogens is 322 g/mol. The first-order chi connectivity index (χ1) is 11.6. The maximum atomic E-state index is 6.15. The van der Waals surface area contributed by atoms with Crippen LogP contribution in [0.25, 0.3) is 21.8 Å². The van der Waals surface area contributed by atoms with Gasteiger partial charge in [-0.15, -0.1) is 0 Å². The summed E-state index contributed by atoms with van der Waals surface area (Å²) in [5.41, 5.74) is 2.92. The molecule has 0 saturated carbocycles. The second-order valence-electron chi connectivity index (χ2n) is 6.11. The molecule has 0 atom stereocenters. The Kier molecular flexibility index (Phi) is 5.07. The number of anilines is 1. The molecule has 1 N–H and O–H groups in total. The van der Waals surface area contributed by atoms with Crippen LogP contribution < -0.4 is 10.1 Å². The molecule has 0 radical (unpaired) electrons. The highest BCUT2D eigenvalue weighted by Gasteiger charge is 2.10. The molecule has 3 rings (SSSR count). The van der Waals surface area contributed by atoms with Gasteiger partial charge in [0.1, 0.15) is 5.75 Å². The minimum Gasteiger partial charge on any atom is -0.497 e. The van der Waals surface area contributed by atoms with E-state index < -0.39 is 0 Å². The maximum Gasteiger partial charge on any atom is 0.119 e. The second-order valence-corrected chi connectivity index (χ2v) is 6.55. The number of fused-ring (bicyclic) bond motifs is 2. The monoisotopic (exact) mass is 343 g/mol. The molecule has 0 aliphatic rings. The van der Waals surface area contributed by atoms with Crippen molar-refractivity contribution >= 4 is 39.1 Å². The summed E-state index contributed by atoms with van der Waals surface area (Å²) in [6.07, 6.45) is 1.07. The van der Waals surface area contributed by atoms with Gasteiger partial charge in [0.2, 0.25) is 0 Å². The van der Waals surface area contributed by atoms with Gasteiger partial charge < -0.3 is 15.0 Å². The third-order valence-corrected chi connectivity index (χ3v) is 4.26. The van der Waals surface area contributed by atoms with Crippen molar-refractivity contribution in [2.45, 2.75) is 6.42 Å². The van der Waals surface area contributed by atoms with Crippen molar-refractivity contribution in [2.75, 3.05) is 39.6 Å². The molecule has 3 aromatic rings. The quantitative estimate of drug-likeness (QED) is 0.531. The van der Waals surface area contributed by atoms with Crippen LogP contribution in [0.4, 0.5) is 5.69 Å². The lowest BCUT2D eigenvalue weighted by molar-refractivity contribution is 0.405. The zero-order valence-electron chi connectivity index (χ0n) is 14.3. The highest BCUT2D eigenvalue weighted by atomic mass is 35.5. The van der Waals surface area contributed by atoms with Crippen LogP contribution >= 0.6 is 11.6 Å². The Labute approximate surface area is 147 Å².